The van der Waals surface area contributed by atoms with Crippen molar-refractivity contribution in [2.75, 3.05) is 18.0 Å². The molecule has 16 heavy (non-hydrogen) atoms. The monoisotopic (exact) mass is 218 g/mol. The smallest absolute Gasteiger partial charge is 0.182 e. The summed E-state index contributed by atoms with van der Waals surface area (Å²) in [6.07, 6.45) is 5.40. The number of fused-ring (bicyclic) bond motifs is 1. The van der Waals surface area contributed by atoms with E-state index in [9.17, 15) is 0 Å². The van der Waals surface area contributed by atoms with E-state index in [2.05, 4.69) is 24.8 Å². The second kappa shape index (κ2) is 3.71. The minimum absolute atomic E-state index is 0.238. The summed E-state index contributed by atoms with van der Waals surface area (Å²) in [6, 6.07) is 0.238. The molecule has 1 atom stereocenters. The van der Waals surface area contributed by atoms with Crippen LogP contribution in [0.2, 0.25) is 0 Å². The molecule has 0 bridgehead atoms. The maximum Gasteiger partial charge on any atom is 0.182 e. The van der Waals surface area contributed by atoms with Crippen LogP contribution in [0.4, 0.5) is 5.82 Å². The molecule has 6 heteroatoms. The third-order valence-corrected chi connectivity index (χ3v) is 2.96. The highest BCUT2D eigenvalue weighted by molar-refractivity contribution is 5.82. The molecule has 3 rings (SSSR count). The first-order valence-electron chi connectivity index (χ1n) is 5.49. The molecule has 1 unspecified atom stereocenters. The van der Waals surface area contributed by atoms with Crippen molar-refractivity contribution in [3.63, 3.8) is 0 Å². The van der Waals surface area contributed by atoms with Crippen molar-refractivity contribution >= 4 is 17.0 Å². The molecule has 3 N–H and O–H groups in total. The number of nitrogens with zero attached hydrogens (tertiary/aromatic N) is 4. The standard InChI is InChI=1S/C10H14N6/c11-7-2-1-3-16(4-7)10-8-9(13-5-12-8)14-6-15-10/h5-7H,1-4,11H2,(H,12,13,14,15). The van der Waals surface area contributed by atoms with Gasteiger partial charge in [0.25, 0.3) is 0 Å². The van der Waals surface area contributed by atoms with Gasteiger partial charge in [0.2, 0.25) is 0 Å². The molecule has 1 aliphatic rings. The molecule has 0 aliphatic carbocycles. The van der Waals surface area contributed by atoms with Gasteiger partial charge in [-0.1, -0.05) is 0 Å². The fourth-order valence-electron chi connectivity index (χ4n) is 2.19. The molecule has 0 amide bonds. The lowest BCUT2D eigenvalue weighted by molar-refractivity contribution is 0.504. The van der Waals surface area contributed by atoms with Gasteiger partial charge in [-0.05, 0) is 12.8 Å². The third kappa shape index (κ3) is 1.51. The van der Waals surface area contributed by atoms with E-state index in [4.69, 9.17) is 5.73 Å². The van der Waals surface area contributed by atoms with Crippen LogP contribution >= 0.6 is 0 Å². The predicted molar refractivity (Wildman–Crippen MR) is 61.1 cm³/mol. The van der Waals surface area contributed by atoms with E-state index in [0.29, 0.717) is 5.65 Å². The molecule has 1 saturated heterocycles. The number of aromatic nitrogens is 4. The highest BCUT2D eigenvalue weighted by Gasteiger charge is 2.20. The minimum atomic E-state index is 0.238. The topological polar surface area (TPSA) is 83.7 Å². The zero-order valence-electron chi connectivity index (χ0n) is 8.93. The van der Waals surface area contributed by atoms with E-state index in [-0.39, 0.29) is 6.04 Å². The van der Waals surface area contributed by atoms with Crippen LogP contribution in [0.5, 0.6) is 0 Å². The molecule has 1 fully saturated rings. The second-order valence-electron chi connectivity index (χ2n) is 4.15. The first-order chi connectivity index (χ1) is 7.84. The first kappa shape index (κ1) is 9.53. The van der Waals surface area contributed by atoms with E-state index in [1.54, 1.807) is 12.7 Å². The molecular weight excluding hydrogens is 204 g/mol. The van der Waals surface area contributed by atoms with E-state index < -0.39 is 0 Å². The summed E-state index contributed by atoms with van der Waals surface area (Å²) in [4.78, 5) is 17.8. The highest BCUT2D eigenvalue weighted by Crippen LogP contribution is 2.22. The van der Waals surface area contributed by atoms with Crippen LogP contribution in [0.15, 0.2) is 12.7 Å². The summed E-state index contributed by atoms with van der Waals surface area (Å²) in [7, 11) is 0. The molecule has 2 aromatic heterocycles. The van der Waals surface area contributed by atoms with Gasteiger partial charge in [-0.2, -0.15) is 0 Å². The Labute approximate surface area is 92.9 Å². The van der Waals surface area contributed by atoms with E-state index >= 15 is 0 Å². The van der Waals surface area contributed by atoms with Crippen molar-refractivity contribution in [3.05, 3.63) is 12.7 Å². The van der Waals surface area contributed by atoms with Crippen LogP contribution in [0.3, 0.4) is 0 Å². The largest absolute Gasteiger partial charge is 0.353 e. The minimum Gasteiger partial charge on any atom is -0.353 e. The molecule has 0 saturated carbocycles. The Hall–Kier alpha value is -1.69. The molecule has 1 aliphatic heterocycles. The Morgan fingerprint density at radius 1 is 1.38 bits per heavy atom. The summed E-state index contributed by atoms with van der Waals surface area (Å²) < 4.78 is 0. The Morgan fingerprint density at radius 3 is 3.19 bits per heavy atom. The number of imidazole rings is 1. The SMILES string of the molecule is NC1CCCN(c2ncnc3nc[nH]c23)C1. The lowest BCUT2D eigenvalue weighted by Crippen LogP contribution is -2.43. The van der Waals surface area contributed by atoms with E-state index in [1.807, 2.05) is 0 Å². The van der Waals surface area contributed by atoms with Crippen molar-refractivity contribution in [1.82, 2.24) is 19.9 Å². The van der Waals surface area contributed by atoms with Gasteiger partial charge >= 0.3 is 0 Å². The van der Waals surface area contributed by atoms with Crippen molar-refractivity contribution in [2.45, 2.75) is 18.9 Å². The van der Waals surface area contributed by atoms with Gasteiger partial charge in [-0.15, -0.1) is 0 Å². The number of rotatable bonds is 1. The average molecular weight is 218 g/mol. The zero-order valence-corrected chi connectivity index (χ0v) is 8.93. The molecule has 3 heterocycles. The first-order valence-corrected chi connectivity index (χ1v) is 5.49. The quantitative estimate of drug-likeness (QED) is 0.718. The van der Waals surface area contributed by atoms with Crippen LogP contribution in [0.25, 0.3) is 11.2 Å². The summed E-state index contributed by atoms with van der Waals surface area (Å²) in [5.41, 5.74) is 7.58. The number of aromatic amines is 1. The van der Waals surface area contributed by atoms with E-state index in [0.717, 1.165) is 37.3 Å². The summed E-state index contributed by atoms with van der Waals surface area (Å²) in [5.74, 6) is 0.914. The van der Waals surface area contributed by atoms with Gasteiger partial charge in [0.15, 0.2) is 11.5 Å². The maximum absolute atomic E-state index is 5.97. The molecule has 2 aromatic rings. The van der Waals surface area contributed by atoms with Crippen molar-refractivity contribution < 1.29 is 0 Å². The molecule has 0 aromatic carbocycles. The zero-order chi connectivity index (χ0) is 11.0. The number of nitrogens with two attached hydrogens (primary N) is 1. The Kier molecular flexibility index (Phi) is 2.21. The Balaban J connectivity index is 2.01. The van der Waals surface area contributed by atoms with Crippen LogP contribution < -0.4 is 10.6 Å². The average Bonchev–Trinajstić information content (AvgIpc) is 2.76. The van der Waals surface area contributed by atoms with Crippen LogP contribution in [-0.2, 0) is 0 Å². The van der Waals surface area contributed by atoms with Crippen LogP contribution in [-0.4, -0.2) is 39.1 Å². The number of anilines is 1. The van der Waals surface area contributed by atoms with Gasteiger partial charge in [-0.3, -0.25) is 0 Å². The summed E-state index contributed by atoms with van der Waals surface area (Å²) >= 11 is 0. The van der Waals surface area contributed by atoms with Gasteiger partial charge in [0.1, 0.15) is 11.8 Å². The fraction of sp³-hybridized carbons (Fsp3) is 0.500. The van der Waals surface area contributed by atoms with Gasteiger partial charge in [0.05, 0.1) is 6.33 Å². The third-order valence-electron chi connectivity index (χ3n) is 2.96. The Bertz CT molecular complexity index is 493. The van der Waals surface area contributed by atoms with Crippen molar-refractivity contribution in [3.8, 4) is 0 Å². The van der Waals surface area contributed by atoms with Crippen molar-refractivity contribution in [1.29, 1.82) is 0 Å². The Morgan fingerprint density at radius 2 is 2.31 bits per heavy atom. The van der Waals surface area contributed by atoms with Crippen LogP contribution in [0, 0.1) is 0 Å². The number of hydrogen-bond donors (Lipinski definition) is 2. The fourth-order valence-corrected chi connectivity index (χ4v) is 2.19. The van der Waals surface area contributed by atoms with Gasteiger partial charge in [0, 0.05) is 19.1 Å². The molecule has 0 radical (unpaired) electrons. The second-order valence-corrected chi connectivity index (χ2v) is 4.15. The molecule has 84 valence electrons. The number of hydrogen-bond acceptors (Lipinski definition) is 5. The molecule has 6 nitrogen and oxygen atoms in total. The summed E-state index contributed by atoms with van der Waals surface area (Å²) in [6.45, 7) is 1.85. The van der Waals surface area contributed by atoms with Gasteiger partial charge in [-0.25, -0.2) is 15.0 Å². The molecule has 0 spiro atoms. The predicted octanol–water partition coefficient (Wildman–Crippen LogP) is 0.280. The lowest BCUT2D eigenvalue weighted by atomic mass is 10.1. The summed E-state index contributed by atoms with van der Waals surface area (Å²) in [5, 5.41) is 0. The number of nitrogens with one attached hydrogen (secondary N) is 1. The normalized spacial score (nSPS) is 21.6. The van der Waals surface area contributed by atoms with Gasteiger partial charge < -0.3 is 15.6 Å². The van der Waals surface area contributed by atoms with E-state index in [1.165, 1.54) is 0 Å². The number of H-pyrrole nitrogens is 1. The highest BCUT2D eigenvalue weighted by atomic mass is 15.2. The lowest BCUT2D eigenvalue weighted by Gasteiger charge is -2.31. The van der Waals surface area contributed by atoms with Crippen LogP contribution in [0.1, 0.15) is 12.8 Å². The number of piperidine rings is 1. The van der Waals surface area contributed by atoms with Crippen molar-refractivity contribution in [2.24, 2.45) is 5.73 Å². The molecular formula is C10H14N6. The maximum atomic E-state index is 5.97.